The molecule has 0 bridgehead atoms. The number of nitrogens with one attached hydrogen (secondary N) is 2. The average Bonchev–Trinajstić information content (AvgIpc) is 2.63. The van der Waals surface area contributed by atoms with E-state index in [9.17, 15) is 14.9 Å². The molecule has 0 radical (unpaired) electrons. The lowest BCUT2D eigenvalue weighted by molar-refractivity contribution is -0.385. The van der Waals surface area contributed by atoms with Crippen LogP contribution in [0.15, 0.2) is 36.4 Å². The molecular weight excluding hydrogens is 350 g/mol. The van der Waals surface area contributed by atoms with Crippen LogP contribution >= 0.6 is 0 Å². The highest BCUT2D eigenvalue weighted by Crippen LogP contribution is 2.30. The maximum absolute atomic E-state index is 12.2. The summed E-state index contributed by atoms with van der Waals surface area (Å²) < 4.78 is 11.0. The quantitative estimate of drug-likeness (QED) is 0.513. The highest BCUT2D eigenvalue weighted by atomic mass is 16.6. The Morgan fingerprint density at radius 3 is 2.48 bits per heavy atom. The van der Waals surface area contributed by atoms with Crippen molar-refractivity contribution >= 4 is 23.0 Å². The van der Waals surface area contributed by atoms with Gasteiger partial charge in [-0.3, -0.25) is 14.9 Å². The van der Waals surface area contributed by atoms with E-state index in [2.05, 4.69) is 10.6 Å². The highest BCUT2D eigenvalue weighted by Gasteiger charge is 2.14. The highest BCUT2D eigenvalue weighted by molar-refractivity contribution is 5.94. The minimum Gasteiger partial charge on any atom is -0.490 e. The van der Waals surface area contributed by atoms with E-state index >= 15 is 0 Å². The molecule has 0 atom stereocenters. The van der Waals surface area contributed by atoms with Gasteiger partial charge in [-0.05, 0) is 39.0 Å². The van der Waals surface area contributed by atoms with Crippen LogP contribution in [-0.2, 0) is 4.79 Å². The van der Waals surface area contributed by atoms with Crippen molar-refractivity contribution in [3.8, 4) is 11.5 Å². The standard InChI is InChI=1S/C19H23N3O5/c1-4-26-17-10-9-14(11-18(17)27-5-2)21-19(23)12-20-15-7-6-8-16(13(15)3)22(24)25/h6-11,20H,4-5,12H2,1-3H3,(H,21,23). The van der Waals surface area contributed by atoms with E-state index in [1.165, 1.54) is 6.07 Å². The summed E-state index contributed by atoms with van der Waals surface area (Å²) in [5.74, 6) is 0.884. The Hall–Kier alpha value is -3.29. The molecule has 0 unspecified atom stereocenters. The monoisotopic (exact) mass is 373 g/mol. The van der Waals surface area contributed by atoms with Crippen molar-refractivity contribution in [2.45, 2.75) is 20.8 Å². The van der Waals surface area contributed by atoms with Gasteiger partial charge in [-0.1, -0.05) is 6.07 Å². The lowest BCUT2D eigenvalue weighted by atomic mass is 10.1. The summed E-state index contributed by atoms with van der Waals surface area (Å²) in [6, 6.07) is 9.86. The van der Waals surface area contributed by atoms with E-state index < -0.39 is 4.92 Å². The molecule has 2 aromatic rings. The van der Waals surface area contributed by atoms with E-state index in [0.29, 0.717) is 41.7 Å². The number of nitro groups is 1. The van der Waals surface area contributed by atoms with Crippen molar-refractivity contribution in [3.05, 3.63) is 52.1 Å². The van der Waals surface area contributed by atoms with Crippen molar-refractivity contribution in [1.29, 1.82) is 0 Å². The molecule has 0 spiro atoms. The molecule has 2 N–H and O–H groups in total. The molecule has 0 aromatic heterocycles. The molecule has 1 amide bonds. The predicted octanol–water partition coefficient (Wildman–Crippen LogP) is 3.75. The summed E-state index contributed by atoms with van der Waals surface area (Å²) in [4.78, 5) is 22.8. The number of hydrogen-bond donors (Lipinski definition) is 2. The summed E-state index contributed by atoms with van der Waals surface area (Å²) in [6.07, 6.45) is 0. The number of carbonyl (C=O) groups is 1. The number of nitro benzene ring substituents is 1. The molecule has 0 aliphatic heterocycles. The smallest absolute Gasteiger partial charge is 0.274 e. The molecule has 8 nitrogen and oxygen atoms in total. The van der Waals surface area contributed by atoms with Gasteiger partial charge in [-0.15, -0.1) is 0 Å². The van der Waals surface area contributed by atoms with E-state index in [0.717, 1.165) is 0 Å². The van der Waals surface area contributed by atoms with Gasteiger partial charge in [0.2, 0.25) is 5.91 Å². The summed E-state index contributed by atoms with van der Waals surface area (Å²) in [7, 11) is 0. The van der Waals surface area contributed by atoms with E-state index in [1.807, 2.05) is 13.8 Å². The maximum atomic E-state index is 12.2. The van der Waals surface area contributed by atoms with Gasteiger partial charge in [0, 0.05) is 29.1 Å². The van der Waals surface area contributed by atoms with Crippen molar-refractivity contribution in [1.82, 2.24) is 0 Å². The van der Waals surface area contributed by atoms with Crippen LogP contribution in [0.1, 0.15) is 19.4 Å². The summed E-state index contributed by atoms with van der Waals surface area (Å²) in [5.41, 5.74) is 1.61. The normalized spacial score (nSPS) is 10.2. The van der Waals surface area contributed by atoms with Gasteiger partial charge >= 0.3 is 0 Å². The molecule has 27 heavy (non-hydrogen) atoms. The molecule has 2 aromatic carbocycles. The lowest BCUT2D eigenvalue weighted by Gasteiger charge is -2.13. The fraction of sp³-hybridized carbons (Fsp3) is 0.316. The number of rotatable bonds is 9. The average molecular weight is 373 g/mol. The number of carbonyl (C=O) groups excluding carboxylic acids is 1. The number of benzene rings is 2. The Morgan fingerprint density at radius 1 is 1.11 bits per heavy atom. The first-order valence-corrected chi connectivity index (χ1v) is 8.63. The second-order valence-corrected chi connectivity index (χ2v) is 5.64. The second kappa shape index (κ2) is 9.42. The number of amides is 1. The first-order chi connectivity index (χ1) is 13.0. The van der Waals surface area contributed by atoms with Crippen LogP contribution in [0.2, 0.25) is 0 Å². The van der Waals surface area contributed by atoms with Crippen LogP contribution in [-0.4, -0.2) is 30.6 Å². The lowest BCUT2D eigenvalue weighted by Crippen LogP contribution is -2.22. The van der Waals surface area contributed by atoms with E-state index in [4.69, 9.17) is 9.47 Å². The van der Waals surface area contributed by atoms with Crippen LogP contribution < -0.4 is 20.1 Å². The molecule has 0 saturated heterocycles. The minimum atomic E-state index is -0.449. The maximum Gasteiger partial charge on any atom is 0.274 e. The third-order valence-electron chi connectivity index (χ3n) is 3.77. The Bertz CT molecular complexity index is 823. The molecule has 0 aliphatic rings. The van der Waals surface area contributed by atoms with Gasteiger partial charge in [-0.2, -0.15) is 0 Å². The first kappa shape index (κ1) is 20.0. The zero-order valence-corrected chi connectivity index (χ0v) is 15.6. The Kier molecular flexibility index (Phi) is 6.99. The number of nitrogens with zero attached hydrogens (tertiary/aromatic N) is 1. The van der Waals surface area contributed by atoms with Crippen LogP contribution in [0.4, 0.5) is 17.1 Å². The van der Waals surface area contributed by atoms with Gasteiger partial charge in [-0.25, -0.2) is 0 Å². The molecular formula is C19H23N3O5. The van der Waals surface area contributed by atoms with Crippen LogP contribution in [0.25, 0.3) is 0 Å². The van der Waals surface area contributed by atoms with Gasteiger partial charge < -0.3 is 20.1 Å². The predicted molar refractivity (Wildman–Crippen MR) is 104 cm³/mol. The first-order valence-electron chi connectivity index (χ1n) is 8.63. The molecule has 0 heterocycles. The number of ether oxygens (including phenoxy) is 2. The van der Waals surface area contributed by atoms with Gasteiger partial charge in [0.1, 0.15) is 0 Å². The Morgan fingerprint density at radius 2 is 1.81 bits per heavy atom. The minimum absolute atomic E-state index is 0.00766. The molecule has 144 valence electrons. The van der Waals surface area contributed by atoms with Crippen LogP contribution in [0.3, 0.4) is 0 Å². The topological polar surface area (TPSA) is 103 Å². The van der Waals surface area contributed by atoms with Crippen molar-refractivity contribution in [2.24, 2.45) is 0 Å². The van der Waals surface area contributed by atoms with Crippen LogP contribution in [0.5, 0.6) is 11.5 Å². The van der Waals surface area contributed by atoms with Crippen molar-refractivity contribution in [2.75, 3.05) is 30.4 Å². The van der Waals surface area contributed by atoms with Crippen molar-refractivity contribution < 1.29 is 19.2 Å². The molecule has 0 saturated carbocycles. The fourth-order valence-corrected chi connectivity index (χ4v) is 2.52. The van der Waals surface area contributed by atoms with Gasteiger partial charge in [0.05, 0.1) is 24.7 Å². The third kappa shape index (κ3) is 5.34. The molecule has 0 fully saturated rings. The van der Waals surface area contributed by atoms with E-state index in [-0.39, 0.29) is 18.1 Å². The molecule has 2 rings (SSSR count). The number of hydrogen-bond acceptors (Lipinski definition) is 6. The summed E-state index contributed by atoms with van der Waals surface area (Å²) in [5, 5.41) is 16.7. The SMILES string of the molecule is CCOc1ccc(NC(=O)CNc2cccc([N+](=O)[O-])c2C)cc1OCC. The van der Waals surface area contributed by atoms with Gasteiger partial charge in [0.15, 0.2) is 11.5 Å². The summed E-state index contributed by atoms with van der Waals surface area (Å²) >= 11 is 0. The zero-order chi connectivity index (χ0) is 19.8. The van der Waals surface area contributed by atoms with Crippen LogP contribution in [0, 0.1) is 17.0 Å². The third-order valence-corrected chi connectivity index (χ3v) is 3.77. The largest absolute Gasteiger partial charge is 0.490 e. The fourth-order valence-electron chi connectivity index (χ4n) is 2.52. The second-order valence-electron chi connectivity index (χ2n) is 5.64. The molecule has 0 aliphatic carbocycles. The number of anilines is 2. The summed E-state index contributed by atoms with van der Waals surface area (Å²) in [6.45, 7) is 6.35. The van der Waals surface area contributed by atoms with Gasteiger partial charge in [0.25, 0.3) is 5.69 Å². The van der Waals surface area contributed by atoms with E-state index in [1.54, 1.807) is 37.3 Å². The molecule has 8 heteroatoms. The zero-order valence-electron chi connectivity index (χ0n) is 15.6. The van der Waals surface area contributed by atoms with Crippen molar-refractivity contribution in [3.63, 3.8) is 0 Å². The Balaban J connectivity index is 2.03. The Labute approximate surface area is 157 Å².